The predicted octanol–water partition coefficient (Wildman–Crippen LogP) is 1.29. The number of rotatable bonds is 1. The van der Waals surface area contributed by atoms with Crippen LogP contribution in [0, 0.1) is 0 Å². The molecule has 2 N–H and O–H groups in total. The molecule has 0 atom stereocenters. The summed E-state index contributed by atoms with van der Waals surface area (Å²) in [7, 11) is 0. The summed E-state index contributed by atoms with van der Waals surface area (Å²) in [5.74, 6) is 0. The van der Waals surface area contributed by atoms with E-state index in [2.05, 4.69) is 12.6 Å². The molecule has 0 amide bonds. The number of thiol groups is 1. The Morgan fingerprint density at radius 2 is 2.08 bits per heavy atom. The van der Waals surface area contributed by atoms with Gasteiger partial charge in [0.25, 0.3) is 5.24 Å². The van der Waals surface area contributed by atoms with Gasteiger partial charge in [0, 0.05) is 16.1 Å². The number of hydrogen-bond acceptors (Lipinski definition) is 3. The maximum absolute atomic E-state index is 10.6. The monoisotopic (exact) mass is 211 g/mol. The van der Waals surface area contributed by atoms with E-state index >= 15 is 0 Å². The maximum atomic E-state index is 10.6. The zero-order valence-corrected chi connectivity index (χ0v) is 7.19. The Bertz CT molecular complexity index is 305. The van der Waals surface area contributed by atoms with Crippen LogP contribution in [0.1, 0.15) is 10.4 Å². The number of nitrogens with two attached hydrogens (primary N) is 1. The zero-order chi connectivity index (χ0) is 8.43. The minimum absolute atomic E-state index is 0. The van der Waals surface area contributed by atoms with Crippen molar-refractivity contribution in [1.29, 1.82) is 0 Å². The van der Waals surface area contributed by atoms with Gasteiger partial charge in [-0.2, -0.15) is 0 Å². The molecule has 0 radical (unpaired) electrons. The normalized spacial score (nSPS) is 8.83. The molecule has 2 nitrogen and oxygen atoms in total. The van der Waals surface area contributed by atoms with E-state index in [9.17, 15) is 4.79 Å². The van der Waals surface area contributed by atoms with Crippen LogP contribution < -0.4 is 5.73 Å². The molecule has 0 saturated heterocycles. The van der Waals surface area contributed by atoms with E-state index < -0.39 is 5.24 Å². The molecule has 0 spiro atoms. The molecule has 0 aromatic heterocycles. The molecule has 0 aliphatic carbocycles. The number of carbonyl (C=O) groups excluding carboxylic acids is 1. The first-order chi connectivity index (χ1) is 5.11. The fourth-order valence-corrected chi connectivity index (χ4v) is 0.933. The molecule has 12 heavy (non-hydrogen) atoms. The molecular weight excluding hydrogens is 205 g/mol. The molecule has 1 aromatic rings. The molecule has 0 aliphatic rings. The molecule has 0 aliphatic heterocycles. The van der Waals surface area contributed by atoms with Crippen molar-refractivity contribution in [3.63, 3.8) is 0 Å². The van der Waals surface area contributed by atoms with Crippen LogP contribution >= 0.6 is 24.2 Å². The van der Waals surface area contributed by atoms with Crippen molar-refractivity contribution >= 4 is 64.7 Å². The Hall–Kier alpha value is 0.330. The van der Waals surface area contributed by atoms with Crippen molar-refractivity contribution in [2.24, 2.45) is 0 Å². The molecule has 1 aromatic carbocycles. The molecule has 0 saturated carbocycles. The first-order valence-corrected chi connectivity index (χ1v) is 3.72. The number of benzene rings is 1. The van der Waals surface area contributed by atoms with Crippen molar-refractivity contribution < 1.29 is 4.79 Å². The Morgan fingerprint density at radius 3 is 2.50 bits per heavy atom. The van der Waals surface area contributed by atoms with Crippen LogP contribution in [-0.4, -0.2) is 34.8 Å². The summed E-state index contributed by atoms with van der Waals surface area (Å²) in [6, 6.07) is 4.71. The number of halogens is 1. The fraction of sp³-hybridized carbons (Fsp3) is 0. The predicted molar refractivity (Wildman–Crippen MR) is 55.4 cm³/mol. The average molecular weight is 212 g/mol. The second kappa shape index (κ2) is 5.14. The molecule has 60 valence electrons. The topological polar surface area (TPSA) is 43.1 Å². The van der Waals surface area contributed by atoms with Crippen molar-refractivity contribution in [2.75, 3.05) is 5.73 Å². The van der Waals surface area contributed by atoms with Gasteiger partial charge in [-0.25, -0.2) is 0 Å². The quantitative estimate of drug-likeness (QED) is 0.318. The Morgan fingerprint density at radius 1 is 1.50 bits per heavy atom. The standard InChI is InChI=1S/C7H6ClNOS.Na.H/c8-7(10)4-1-2-6(11)5(9)3-4;;/h1-3,11H,9H2;;. The van der Waals surface area contributed by atoms with E-state index in [1.54, 1.807) is 12.1 Å². The molecule has 1 rings (SSSR count). The van der Waals surface area contributed by atoms with E-state index in [0.29, 0.717) is 16.1 Å². The molecule has 0 unspecified atom stereocenters. The summed E-state index contributed by atoms with van der Waals surface area (Å²) in [5.41, 5.74) is 6.32. The molecule has 0 heterocycles. The zero-order valence-electron chi connectivity index (χ0n) is 5.54. The van der Waals surface area contributed by atoms with Crippen LogP contribution in [-0.2, 0) is 0 Å². The van der Waals surface area contributed by atoms with Crippen LogP contribution in [0.2, 0.25) is 0 Å². The van der Waals surface area contributed by atoms with Gasteiger partial charge in [-0.05, 0) is 29.8 Å². The molecule has 0 fully saturated rings. The first-order valence-electron chi connectivity index (χ1n) is 2.89. The molecular formula is C7H7ClNNaOS. The van der Waals surface area contributed by atoms with Crippen molar-refractivity contribution in [1.82, 2.24) is 0 Å². The van der Waals surface area contributed by atoms with Gasteiger partial charge in [-0.1, -0.05) is 0 Å². The van der Waals surface area contributed by atoms with Crippen LogP contribution in [0.3, 0.4) is 0 Å². The van der Waals surface area contributed by atoms with Crippen LogP contribution in [0.25, 0.3) is 0 Å². The van der Waals surface area contributed by atoms with Gasteiger partial charge in [-0.15, -0.1) is 12.6 Å². The Labute approximate surface area is 103 Å². The van der Waals surface area contributed by atoms with Crippen molar-refractivity contribution in [2.45, 2.75) is 4.90 Å². The number of carbonyl (C=O) groups is 1. The van der Waals surface area contributed by atoms with Gasteiger partial charge in [0.2, 0.25) is 0 Å². The number of anilines is 1. The second-order valence-corrected chi connectivity index (χ2v) is 2.87. The van der Waals surface area contributed by atoms with E-state index in [4.69, 9.17) is 17.3 Å². The Kier molecular flexibility index (Phi) is 5.29. The van der Waals surface area contributed by atoms with Gasteiger partial charge < -0.3 is 5.73 Å². The van der Waals surface area contributed by atoms with E-state index in [0.717, 1.165) is 0 Å². The SMILES string of the molecule is Nc1cc(C(=O)Cl)ccc1S.[NaH]. The third kappa shape index (κ3) is 2.99. The van der Waals surface area contributed by atoms with Gasteiger partial charge in [0.15, 0.2) is 0 Å². The second-order valence-electron chi connectivity index (χ2n) is 2.05. The van der Waals surface area contributed by atoms with E-state index in [1.165, 1.54) is 6.07 Å². The summed E-state index contributed by atoms with van der Waals surface area (Å²) in [6.45, 7) is 0. The molecule has 5 heteroatoms. The van der Waals surface area contributed by atoms with E-state index in [-0.39, 0.29) is 29.6 Å². The minimum atomic E-state index is -0.509. The van der Waals surface area contributed by atoms with Crippen molar-refractivity contribution in [3.8, 4) is 0 Å². The summed E-state index contributed by atoms with van der Waals surface area (Å²) in [4.78, 5) is 11.2. The fourth-order valence-electron chi connectivity index (χ4n) is 0.677. The van der Waals surface area contributed by atoms with Crippen LogP contribution in [0.15, 0.2) is 23.1 Å². The van der Waals surface area contributed by atoms with Gasteiger partial charge in [-0.3, -0.25) is 4.79 Å². The van der Waals surface area contributed by atoms with Crippen LogP contribution in [0.5, 0.6) is 0 Å². The van der Waals surface area contributed by atoms with Crippen LogP contribution in [0.4, 0.5) is 5.69 Å². The van der Waals surface area contributed by atoms with Gasteiger partial charge >= 0.3 is 29.6 Å². The summed E-state index contributed by atoms with van der Waals surface area (Å²) >= 11 is 9.24. The Balaban J connectivity index is 0.00000121. The number of hydrogen-bond donors (Lipinski definition) is 2. The summed E-state index contributed by atoms with van der Waals surface area (Å²) < 4.78 is 0. The van der Waals surface area contributed by atoms with E-state index in [1.807, 2.05) is 0 Å². The summed E-state index contributed by atoms with van der Waals surface area (Å²) in [5, 5.41) is -0.509. The summed E-state index contributed by atoms with van der Waals surface area (Å²) in [6.07, 6.45) is 0. The third-order valence-electron chi connectivity index (χ3n) is 1.25. The van der Waals surface area contributed by atoms with Gasteiger partial charge in [0.05, 0.1) is 0 Å². The van der Waals surface area contributed by atoms with Gasteiger partial charge in [0.1, 0.15) is 0 Å². The molecule has 0 bridgehead atoms. The first kappa shape index (κ1) is 12.3. The number of nitrogen functional groups attached to an aromatic ring is 1. The third-order valence-corrected chi connectivity index (χ3v) is 1.88. The average Bonchev–Trinajstić information content (AvgIpc) is 1.94. The van der Waals surface area contributed by atoms with Crippen molar-refractivity contribution in [3.05, 3.63) is 23.8 Å².